The molecule has 1 heteroatoms. The average molecular weight is 248 g/mol. The Labute approximate surface area is 110 Å². The van der Waals surface area contributed by atoms with Crippen molar-refractivity contribution in [3.05, 3.63) is 29.8 Å². The van der Waals surface area contributed by atoms with Crippen LogP contribution in [0.1, 0.15) is 58.4 Å². The van der Waals surface area contributed by atoms with Gasteiger partial charge in [-0.05, 0) is 36.0 Å². The van der Waals surface area contributed by atoms with Crippen LogP contribution >= 0.6 is 11.8 Å². The van der Waals surface area contributed by atoms with Crippen LogP contribution in [0, 0.1) is 0 Å². The Bertz CT molecular complexity index is 356. The molecule has 0 saturated heterocycles. The molecule has 0 atom stereocenters. The van der Waals surface area contributed by atoms with Gasteiger partial charge in [-0.3, -0.25) is 0 Å². The van der Waals surface area contributed by atoms with Gasteiger partial charge in [0.2, 0.25) is 0 Å². The third-order valence-electron chi connectivity index (χ3n) is 3.56. The van der Waals surface area contributed by atoms with E-state index in [1.807, 2.05) is 0 Å². The van der Waals surface area contributed by atoms with Gasteiger partial charge < -0.3 is 0 Å². The Kier molecular flexibility index (Phi) is 4.19. The van der Waals surface area contributed by atoms with E-state index in [4.69, 9.17) is 0 Å². The second-order valence-corrected chi connectivity index (χ2v) is 7.53. The molecule has 0 aliphatic heterocycles. The number of thioether (sulfide) groups is 1. The lowest BCUT2D eigenvalue weighted by molar-refractivity contribution is 0.516. The van der Waals surface area contributed by atoms with Crippen molar-refractivity contribution in [2.75, 3.05) is 0 Å². The number of hydrogen-bond acceptors (Lipinski definition) is 1. The quantitative estimate of drug-likeness (QED) is 0.674. The van der Waals surface area contributed by atoms with Gasteiger partial charge in [-0.15, -0.1) is 11.8 Å². The highest BCUT2D eigenvalue weighted by molar-refractivity contribution is 8.00. The summed E-state index contributed by atoms with van der Waals surface area (Å²) in [6.07, 6.45) is 7.11. The SMILES string of the molecule is CC(C)(C)c1cccc(SC2CCCCC2)c1. The highest BCUT2D eigenvalue weighted by Crippen LogP contribution is 2.35. The minimum absolute atomic E-state index is 0.267. The molecule has 2 rings (SSSR count). The third-order valence-corrected chi connectivity index (χ3v) is 4.89. The van der Waals surface area contributed by atoms with E-state index >= 15 is 0 Å². The van der Waals surface area contributed by atoms with Gasteiger partial charge in [0.15, 0.2) is 0 Å². The predicted molar refractivity (Wildman–Crippen MR) is 77.9 cm³/mol. The van der Waals surface area contributed by atoms with Crippen molar-refractivity contribution in [1.82, 2.24) is 0 Å². The first-order valence-electron chi connectivity index (χ1n) is 6.83. The lowest BCUT2D eigenvalue weighted by Crippen LogP contribution is -2.11. The van der Waals surface area contributed by atoms with Crippen LogP contribution in [0.15, 0.2) is 29.2 Å². The Morgan fingerprint density at radius 3 is 2.41 bits per heavy atom. The summed E-state index contributed by atoms with van der Waals surface area (Å²) in [6.45, 7) is 6.87. The van der Waals surface area contributed by atoms with Crippen LogP contribution in [-0.2, 0) is 5.41 Å². The zero-order valence-corrected chi connectivity index (χ0v) is 12.1. The summed E-state index contributed by atoms with van der Waals surface area (Å²) in [5.74, 6) is 0. The maximum absolute atomic E-state index is 2.39. The van der Waals surface area contributed by atoms with E-state index in [1.165, 1.54) is 42.6 Å². The van der Waals surface area contributed by atoms with Gasteiger partial charge in [0.1, 0.15) is 0 Å². The molecule has 0 N–H and O–H groups in total. The summed E-state index contributed by atoms with van der Waals surface area (Å²) in [4.78, 5) is 1.46. The van der Waals surface area contributed by atoms with Gasteiger partial charge in [-0.2, -0.15) is 0 Å². The maximum Gasteiger partial charge on any atom is 0.00944 e. The molecule has 0 heterocycles. The summed E-state index contributed by atoms with van der Waals surface area (Å²) in [7, 11) is 0. The third kappa shape index (κ3) is 3.77. The number of benzene rings is 1. The summed E-state index contributed by atoms with van der Waals surface area (Å²) in [6, 6.07) is 9.13. The standard InChI is InChI=1S/C16H24S/c1-16(2,3)13-8-7-11-15(12-13)17-14-9-5-4-6-10-14/h7-8,11-12,14H,4-6,9-10H2,1-3H3. The zero-order valence-electron chi connectivity index (χ0n) is 11.3. The molecule has 1 aromatic carbocycles. The Morgan fingerprint density at radius 1 is 1.06 bits per heavy atom. The van der Waals surface area contributed by atoms with Crippen molar-refractivity contribution >= 4 is 11.8 Å². The molecule has 1 aliphatic carbocycles. The summed E-state index contributed by atoms with van der Waals surface area (Å²) in [5, 5.41) is 0.860. The van der Waals surface area contributed by atoms with Crippen LogP contribution in [0.25, 0.3) is 0 Å². The molecule has 1 aliphatic rings. The molecule has 0 nitrogen and oxygen atoms in total. The van der Waals surface area contributed by atoms with Crippen molar-refractivity contribution in [3.63, 3.8) is 0 Å². The van der Waals surface area contributed by atoms with E-state index in [0.717, 1.165) is 5.25 Å². The number of rotatable bonds is 2. The monoisotopic (exact) mass is 248 g/mol. The topological polar surface area (TPSA) is 0 Å². The largest absolute Gasteiger partial charge is 0.123 e. The van der Waals surface area contributed by atoms with Crippen molar-refractivity contribution in [3.8, 4) is 0 Å². The molecule has 0 radical (unpaired) electrons. The molecule has 0 aromatic heterocycles. The zero-order chi connectivity index (χ0) is 12.3. The highest BCUT2D eigenvalue weighted by Gasteiger charge is 2.17. The van der Waals surface area contributed by atoms with Crippen LogP contribution in [0.5, 0.6) is 0 Å². The van der Waals surface area contributed by atoms with Crippen LogP contribution in [0.2, 0.25) is 0 Å². The molecule has 17 heavy (non-hydrogen) atoms. The van der Waals surface area contributed by atoms with Crippen LogP contribution < -0.4 is 0 Å². The Morgan fingerprint density at radius 2 is 1.76 bits per heavy atom. The van der Waals surface area contributed by atoms with Crippen molar-refractivity contribution < 1.29 is 0 Å². The molecule has 0 spiro atoms. The average Bonchev–Trinajstić information content (AvgIpc) is 2.29. The molecule has 0 unspecified atom stereocenters. The lowest BCUT2D eigenvalue weighted by Gasteiger charge is -2.23. The highest BCUT2D eigenvalue weighted by atomic mass is 32.2. The van der Waals surface area contributed by atoms with Gasteiger partial charge in [0.25, 0.3) is 0 Å². The molecular formula is C16H24S. The first kappa shape index (κ1) is 13.0. The molecule has 1 saturated carbocycles. The van der Waals surface area contributed by atoms with Crippen molar-refractivity contribution in [2.24, 2.45) is 0 Å². The van der Waals surface area contributed by atoms with Crippen LogP contribution in [0.4, 0.5) is 0 Å². The van der Waals surface area contributed by atoms with E-state index in [9.17, 15) is 0 Å². The normalized spacial score (nSPS) is 18.3. The fraction of sp³-hybridized carbons (Fsp3) is 0.625. The Hall–Kier alpha value is -0.430. The van der Waals surface area contributed by atoms with Crippen LogP contribution in [-0.4, -0.2) is 5.25 Å². The van der Waals surface area contributed by atoms with E-state index in [1.54, 1.807) is 0 Å². The molecule has 94 valence electrons. The van der Waals surface area contributed by atoms with E-state index in [0.29, 0.717) is 0 Å². The van der Waals surface area contributed by atoms with Crippen LogP contribution in [0.3, 0.4) is 0 Å². The van der Waals surface area contributed by atoms with Gasteiger partial charge in [0, 0.05) is 10.1 Å². The van der Waals surface area contributed by atoms with E-state index in [-0.39, 0.29) is 5.41 Å². The lowest BCUT2D eigenvalue weighted by atomic mass is 9.87. The smallest absolute Gasteiger partial charge is 0.00944 e. The minimum Gasteiger partial charge on any atom is -0.123 e. The molecule has 0 bridgehead atoms. The Balaban J connectivity index is 2.05. The molecule has 1 aromatic rings. The first-order chi connectivity index (χ1) is 8.05. The molecule has 0 amide bonds. The molecule has 1 fully saturated rings. The predicted octanol–water partition coefficient (Wildman–Crippen LogP) is 5.41. The van der Waals surface area contributed by atoms with E-state index in [2.05, 4.69) is 56.8 Å². The summed E-state index contributed by atoms with van der Waals surface area (Å²) < 4.78 is 0. The second-order valence-electron chi connectivity index (χ2n) is 6.16. The summed E-state index contributed by atoms with van der Waals surface area (Å²) in [5.41, 5.74) is 1.72. The van der Waals surface area contributed by atoms with Crippen molar-refractivity contribution in [2.45, 2.75) is 68.4 Å². The van der Waals surface area contributed by atoms with Crippen molar-refractivity contribution in [1.29, 1.82) is 0 Å². The fourth-order valence-electron chi connectivity index (χ4n) is 2.41. The minimum atomic E-state index is 0.267. The van der Waals surface area contributed by atoms with Gasteiger partial charge in [-0.1, -0.05) is 52.2 Å². The van der Waals surface area contributed by atoms with Gasteiger partial charge in [-0.25, -0.2) is 0 Å². The first-order valence-corrected chi connectivity index (χ1v) is 7.71. The summed E-state index contributed by atoms with van der Waals surface area (Å²) >= 11 is 2.09. The molecular weight excluding hydrogens is 224 g/mol. The maximum atomic E-state index is 2.39. The van der Waals surface area contributed by atoms with E-state index < -0.39 is 0 Å². The van der Waals surface area contributed by atoms with Gasteiger partial charge >= 0.3 is 0 Å². The fourth-order valence-corrected chi connectivity index (χ4v) is 3.72. The second kappa shape index (κ2) is 5.48. The van der Waals surface area contributed by atoms with Gasteiger partial charge in [0.05, 0.1) is 0 Å². The number of hydrogen-bond donors (Lipinski definition) is 0.